The Morgan fingerprint density at radius 2 is 2.05 bits per heavy atom. The Hall–Kier alpha value is -0.580. The van der Waals surface area contributed by atoms with Crippen molar-refractivity contribution in [2.75, 3.05) is 25.0 Å². The largest absolute Gasteiger partial charge is 0.370 e. The molecule has 4 heteroatoms. The number of nitrogens with zero attached hydrogens (tertiary/aromatic N) is 2. The Bertz CT molecular complexity index is 503. The van der Waals surface area contributed by atoms with Crippen molar-refractivity contribution in [3.8, 4) is 0 Å². The van der Waals surface area contributed by atoms with E-state index in [1.54, 1.807) is 0 Å². The molecule has 0 radical (unpaired) electrons. The number of nitrogens with two attached hydrogens (primary N) is 1. The van der Waals surface area contributed by atoms with Gasteiger partial charge in [0.1, 0.15) is 0 Å². The zero-order valence-electron chi connectivity index (χ0n) is 13.1. The molecule has 2 N–H and O–H groups in total. The van der Waals surface area contributed by atoms with Gasteiger partial charge in [0, 0.05) is 41.4 Å². The van der Waals surface area contributed by atoms with Crippen LogP contribution in [0.4, 0.5) is 5.69 Å². The van der Waals surface area contributed by atoms with Crippen molar-refractivity contribution in [2.24, 2.45) is 5.73 Å². The standard InChI is InChI=1S/C17H26BrN3/c1-12(19)9-13-3-4-15(10-17(13)18)21-8-7-14-5-6-16(11-21)20(14)2/h3-4,10,12,14,16H,5-9,11,19H2,1-2H3. The average Bonchev–Trinajstić information content (AvgIpc) is 2.65. The van der Waals surface area contributed by atoms with Gasteiger partial charge in [-0.3, -0.25) is 4.90 Å². The molecule has 0 aromatic heterocycles. The maximum atomic E-state index is 5.91. The molecule has 2 bridgehead atoms. The highest BCUT2D eigenvalue weighted by molar-refractivity contribution is 9.10. The number of anilines is 1. The summed E-state index contributed by atoms with van der Waals surface area (Å²) in [5.41, 5.74) is 8.57. The molecule has 2 saturated heterocycles. The van der Waals surface area contributed by atoms with Gasteiger partial charge in [-0.25, -0.2) is 0 Å². The summed E-state index contributed by atoms with van der Waals surface area (Å²) >= 11 is 3.72. The van der Waals surface area contributed by atoms with Crippen LogP contribution in [-0.2, 0) is 6.42 Å². The molecule has 1 aromatic carbocycles. The SMILES string of the molecule is CC(N)Cc1ccc(N2CCC3CCC(C2)N3C)cc1Br. The van der Waals surface area contributed by atoms with Gasteiger partial charge in [0.2, 0.25) is 0 Å². The van der Waals surface area contributed by atoms with E-state index >= 15 is 0 Å². The minimum atomic E-state index is 0.203. The maximum absolute atomic E-state index is 5.91. The first-order valence-corrected chi connectivity index (χ1v) is 8.85. The quantitative estimate of drug-likeness (QED) is 0.908. The highest BCUT2D eigenvalue weighted by Gasteiger charge is 2.34. The molecule has 0 amide bonds. The molecule has 3 rings (SSSR count). The lowest BCUT2D eigenvalue weighted by molar-refractivity contribution is 0.254. The summed E-state index contributed by atoms with van der Waals surface area (Å²) in [5, 5.41) is 0. The van der Waals surface area contributed by atoms with E-state index in [2.05, 4.69) is 57.9 Å². The highest BCUT2D eigenvalue weighted by atomic mass is 79.9. The molecular formula is C17H26BrN3. The third-order valence-electron chi connectivity index (χ3n) is 5.09. The number of hydrogen-bond acceptors (Lipinski definition) is 3. The summed E-state index contributed by atoms with van der Waals surface area (Å²) in [6.45, 7) is 4.39. The van der Waals surface area contributed by atoms with E-state index in [-0.39, 0.29) is 6.04 Å². The first-order valence-electron chi connectivity index (χ1n) is 8.05. The maximum Gasteiger partial charge on any atom is 0.0378 e. The zero-order chi connectivity index (χ0) is 15.0. The molecule has 3 unspecified atom stereocenters. The Kier molecular flexibility index (Phi) is 4.57. The molecule has 0 spiro atoms. The second-order valence-electron chi connectivity index (χ2n) is 6.74. The molecule has 0 aliphatic carbocycles. The van der Waals surface area contributed by atoms with Crippen LogP contribution in [0.3, 0.4) is 0 Å². The lowest BCUT2D eigenvalue weighted by atomic mass is 10.1. The molecule has 2 aliphatic rings. The third-order valence-corrected chi connectivity index (χ3v) is 5.83. The predicted molar refractivity (Wildman–Crippen MR) is 92.9 cm³/mol. The van der Waals surface area contributed by atoms with E-state index in [9.17, 15) is 0 Å². The van der Waals surface area contributed by atoms with Crippen LogP contribution in [-0.4, -0.2) is 43.2 Å². The van der Waals surface area contributed by atoms with Gasteiger partial charge in [-0.15, -0.1) is 0 Å². The molecule has 1 aromatic rings. The molecular weight excluding hydrogens is 326 g/mol. The summed E-state index contributed by atoms with van der Waals surface area (Å²) in [6.07, 6.45) is 4.94. The third kappa shape index (κ3) is 3.27. The van der Waals surface area contributed by atoms with Gasteiger partial charge in [-0.05, 0) is 57.4 Å². The number of halogens is 1. The van der Waals surface area contributed by atoms with Crippen LogP contribution in [0.5, 0.6) is 0 Å². The van der Waals surface area contributed by atoms with Gasteiger partial charge < -0.3 is 10.6 Å². The molecule has 0 saturated carbocycles. The Labute approximate surface area is 136 Å². The molecule has 2 fully saturated rings. The zero-order valence-corrected chi connectivity index (χ0v) is 14.6. The Balaban J connectivity index is 1.76. The Morgan fingerprint density at radius 3 is 2.76 bits per heavy atom. The minimum Gasteiger partial charge on any atom is -0.370 e. The monoisotopic (exact) mass is 351 g/mol. The molecule has 2 aliphatic heterocycles. The number of likely N-dealkylation sites (N-methyl/N-ethyl adjacent to an activating group) is 1. The van der Waals surface area contributed by atoms with Crippen LogP contribution in [0, 0.1) is 0 Å². The summed E-state index contributed by atoms with van der Waals surface area (Å²) < 4.78 is 1.19. The number of hydrogen-bond donors (Lipinski definition) is 1. The van der Waals surface area contributed by atoms with Crippen LogP contribution in [0.25, 0.3) is 0 Å². The van der Waals surface area contributed by atoms with E-state index in [0.717, 1.165) is 25.0 Å². The van der Waals surface area contributed by atoms with Gasteiger partial charge in [-0.2, -0.15) is 0 Å². The van der Waals surface area contributed by atoms with Crippen molar-refractivity contribution in [2.45, 2.75) is 50.7 Å². The van der Waals surface area contributed by atoms with Crippen LogP contribution in [0.2, 0.25) is 0 Å². The van der Waals surface area contributed by atoms with Gasteiger partial charge >= 0.3 is 0 Å². The van der Waals surface area contributed by atoms with Gasteiger partial charge in [0.25, 0.3) is 0 Å². The van der Waals surface area contributed by atoms with E-state index in [1.807, 2.05) is 0 Å². The summed E-state index contributed by atoms with van der Waals surface area (Å²) in [5.74, 6) is 0. The van der Waals surface area contributed by atoms with Gasteiger partial charge in [0.05, 0.1) is 0 Å². The summed E-state index contributed by atoms with van der Waals surface area (Å²) in [6, 6.07) is 8.49. The fraction of sp³-hybridized carbons (Fsp3) is 0.647. The lowest BCUT2D eigenvalue weighted by Crippen LogP contribution is -2.36. The van der Waals surface area contributed by atoms with Crippen molar-refractivity contribution in [1.82, 2.24) is 4.90 Å². The predicted octanol–water partition coefficient (Wildman–Crippen LogP) is 3.01. The Morgan fingerprint density at radius 1 is 1.29 bits per heavy atom. The van der Waals surface area contributed by atoms with E-state index in [1.165, 1.54) is 41.5 Å². The van der Waals surface area contributed by atoms with Crippen molar-refractivity contribution in [3.63, 3.8) is 0 Å². The van der Waals surface area contributed by atoms with Gasteiger partial charge in [-0.1, -0.05) is 22.0 Å². The lowest BCUT2D eigenvalue weighted by Gasteiger charge is -2.28. The van der Waals surface area contributed by atoms with Crippen molar-refractivity contribution >= 4 is 21.6 Å². The molecule has 116 valence electrons. The molecule has 3 atom stereocenters. The molecule has 21 heavy (non-hydrogen) atoms. The normalized spacial score (nSPS) is 27.7. The van der Waals surface area contributed by atoms with Crippen LogP contribution >= 0.6 is 15.9 Å². The van der Waals surface area contributed by atoms with Crippen molar-refractivity contribution in [1.29, 1.82) is 0 Å². The van der Waals surface area contributed by atoms with E-state index in [4.69, 9.17) is 5.73 Å². The highest BCUT2D eigenvalue weighted by Crippen LogP contribution is 2.32. The topological polar surface area (TPSA) is 32.5 Å². The van der Waals surface area contributed by atoms with Crippen LogP contribution in [0.15, 0.2) is 22.7 Å². The van der Waals surface area contributed by atoms with Crippen molar-refractivity contribution < 1.29 is 0 Å². The van der Waals surface area contributed by atoms with Crippen molar-refractivity contribution in [3.05, 3.63) is 28.2 Å². The van der Waals surface area contributed by atoms with Crippen LogP contribution < -0.4 is 10.6 Å². The summed E-state index contributed by atoms with van der Waals surface area (Å²) in [4.78, 5) is 5.15. The second-order valence-corrected chi connectivity index (χ2v) is 7.60. The second kappa shape index (κ2) is 6.27. The summed E-state index contributed by atoms with van der Waals surface area (Å²) in [7, 11) is 2.30. The smallest absolute Gasteiger partial charge is 0.0378 e. The van der Waals surface area contributed by atoms with E-state index in [0.29, 0.717) is 0 Å². The van der Waals surface area contributed by atoms with E-state index < -0.39 is 0 Å². The number of fused-ring (bicyclic) bond motifs is 2. The van der Waals surface area contributed by atoms with Crippen LogP contribution in [0.1, 0.15) is 31.7 Å². The first-order chi connectivity index (χ1) is 10.0. The average molecular weight is 352 g/mol. The number of rotatable bonds is 3. The molecule has 3 nitrogen and oxygen atoms in total. The molecule has 2 heterocycles. The minimum absolute atomic E-state index is 0.203. The number of benzene rings is 1. The fourth-order valence-electron chi connectivity index (χ4n) is 3.79. The first kappa shape index (κ1) is 15.3. The fourth-order valence-corrected chi connectivity index (χ4v) is 4.32. The van der Waals surface area contributed by atoms with Gasteiger partial charge in [0.15, 0.2) is 0 Å².